The topological polar surface area (TPSA) is 12.9 Å². The molecular formula is C55H46BN. The zero-order valence-corrected chi connectivity index (χ0v) is 33.7. The lowest BCUT2D eigenvalue weighted by Gasteiger charge is -2.23. The molecule has 0 unspecified atom stereocenters. The molecule has 1 nitrogen and oxygen atoms in total. The van der Waals surface area contributed by atoms with E-state index in [1.54, 1.807) is 0 Å². The van der Waals surface area contributed by atoms with Crippen LogP contribution in [0.5, 0.6) is 0 Å². The van der Waals surface area contributed by atoms with Crippen LogP contribution in [0.2, 0.25) is 0 Å². The number of nitrogens with zero attached hydrogens (tertiary/aromatic N) is 1. The first-order valence-electron chi connectivity index (χ1n) is 20.3. The fourth-order valence-corrected chi connectivity index (χ4v) is 9.17. The number of aromatic nitrogens is 1. The van der Waals surface area contributed by atoms with Gasteiger partial charge in [0.2, 0.25) is 6.71 Å². The van der Waals surface area contributed by atoms with Crippen LogP contribution in [0.15, 0.2) is 170 Å². The van der Waals surface area contributed by atoms with Gasteiger partial charge in [0, 0.05) is 21.7 Å². The maximum atomic E-state index is 5.25. The van der Waals surface area contributed by atoms with Gasteiger partial charge in [-0.25, -0.2) is 4.98 Å². The Balaban J connectivity index is 1.13. The van der Waals surface area contributed by atoms with E-state index in [-0.39, 0.29) is 17.5 Å². The molecule has 0 N–H and O–H groups in total. The van der Waals surface area contributed by atoms with Gasteiger partial charge >= 0.3 is 0 Å². The van der Waals surface area contributed by atoms with Gasteiger partial charge in [-0.2, -0.15) is 0 Å². The molecule has 0 saturated carbocycles. The van der Waals surface area contributed by atoms with Crippen molar-refractivity contribution in [1.82, 2.24) is 4.98 Å². The van der Waals surface area contributed by atoms with Crippen molar-refractivity contribution in [2.45, 2.75) is 52.4 Å². The third-order valence-corrected chi connectivity index (χ3v) is 12.3. The summed E-state index contributed by atoms with van der Waals surface area (Å²) in [6.45, 7) is 13.8. The van der Waals surface area contributed by atoms with Crippen LogP contribution in [0.1, 0.15) is 52.7 Å². The van der Waals surface area contributed by atoms with E-state index in [0.717, 1.165) is 16.8 Å². The van der Waals surface area contributed by atoms with Gasteiger partial charge in [-0.15, -0.1) is 0 Å². The van der Waals surface area contributed by atoms with Crippen LogP contribution >= 0.6 is 0 Å². The Kier molecular flexibility index (Phi) is 8.13. The molecule has 274 valence electrons. The minimum atomic E-state index is 0.105. The summed E-state index contributed by atoms with van der Waals surface area (Å²) in [5, 5.41) is 11.4. The van der Waals surface area contributed by atoms with Crippen LogP contribution < -0.4 is 16.4 Å². The highest BCUT2D eigenvalue weighted by atomic mass is 14.7. The van der Waals surface area contributed by atoms with E-state index >= 15 is 0 Å². The molecular weight excluding hydrogens is 685 g/mol. The largest absolute Gasteiger partial charge is 0.247 e. The number of benzene rings is 9. The Morgan fingerprint density at radius 3 is 1.54 bits per heavy atom. The highest BCUT2D eigenvalue weighted by Crippen LogP contribution is 2.45. The molecule has 0 aliphatic heterocycles. The first kappa shape index (κ1) is 35.2. The first-order chi connectivity index (χ1) is 27.5. The Bertz CT molecular complexity index is 3030. The summed E-state index contributed by atoms with van der Waals surface area (Å²) in [4.78, 5) is 5.25. The SMILES string of the molecule is CC(C)(C)c1ccc(B(c2ccc(-c3ccc4ccc5c6c(cc7ccc3c4c75)c(-c3ccccc3)nc3ccccc36)cc2)c2ccc(C(C)(C)C)cc2)cc1. The second-order valence-corrected chi connectivity index (χ2v) is 18.0. The van der Waals surface area contributed by atoms with Gasteiger partial charge in [0.25, 0.3) is 0 Å². The molecule has 9 aromatic carbocycles. The van der Waals surface area contributed by atoms with Crippen molar-refractivity contribution in [2.75, 3.05) is 0 Å². The maximum Gasteiger partial charge on any atom is 0.241 e. The summed E-state index contributed by atoms with van der Waals surface area (Å²) in [6.07, 6.45) is 0. The predicted octanol–water partition coefficient (Wildman–Crippen LogP) is 12.7. The molecule has 0 spiro atoms. The quantitative estimate of drug-likeness (QED) is 0.0976. The van der Waals surface area contributed by atoms with Crippen LogP contribution in [0.3, 0.4) is 0 Å². The maximum absolute atomic E-state index is 5.25. The van der Waals surface area contributed by atoms with E-state index in [4.69, 9.17) is 4.98 Å². The van der Waals surface area contributed by atoms with Crippen molar-refractivity contribution in [3.8, 4) is 22.4 Å². The number of para-hydroxylation sites is 1. The molecule has 0 bridgehead atoms. The fourth-order valence-electron chi connectivity index (χ4n) is 9.17. The summed E-state index contributed by atoms with van der Waals surface area (Å²) in [6, 6.07) is 63.5. The number of pyridine rings is 1. The molecule has 0 aliphatic carbocycles. The predicted molar refractivity (Wildman–Crippen MR) is 249 cm³/mol. The minimum absolute atomic E-state index is 0.105. The van der Waals surface area contributed by atoms with Crippen molar-refractivity contribution in [1.29, 1.82) is 0 Å². The number of fused-ring (bicyclic) bond motifs is 4. The summed E-state index contributed by atoms with van der Waals surface area (Å²) in [7, 11) is 0. The molecule has 2 heteroatoms. The third-order valence-electron chi connectivity index (χ3n) is 12.3. The van der Waals surface area contributed by atoms with Gasteiger partial charge in [0.15, 0.2) is 0 Å². The smallest absolute Gasteiger partial charge is 0.241 e. The number of rotatable bonds is 5. The summed E-state index contributed by atoms with van der Waals surface area (Å²) < 4.78 is 0. The Hall–Kier alpha value is -6.25. The van der Waals surface area contributed by atoms with E-state index in [2.05, 4.69) is 211 Å². The Morgan fingerprint density at radius 1 is 0.386 bits per heavy atom. The molecule has 0 amide bonds. The normalized spacial score (nSPS) is 12.4. The van der Waals surface area contributed by atoms with E-state index < -0.39 is 0 Å². The van der Waals surface area contributed by atoms with Gasteiger partial charge in [0.1, 0.15) is 0 Å². The lowest BCUT2D eigenvalue weighted by molar-refractivity contribution is 0.590. The monoisotopic (exact) mass is 731 g/mol. The molecule has 0 aliphatic rings. The third kappa shape index (κ3) is 5.98. The molecule has 0 atom stereocenters. The lowest BCUT2D eigenvalue weighted by Crippen LogP contribution is -2.52. The second kappa shape index (κ2) is 13.2. The highest BCUT2D eigenvalue weighted by Gasteiger charge is 2.25. The Morgan fingerprint density at radius 2 is 0.912 bits per heavy atom. The average Bonchev–Trinajstić information content (AvgIpc) is 3.22. The highest BCUT2D eigenvalue weighted by molar-refractivity contribution is 6.95. The molecule has 1 aromatic heterocycles. The fraction of sp³-hybridized carbons (Fsp3) is 0.145. The van der Waals surface area contributed by atoms with Crippen molar-refractivity contribution >= 4 is 77.1 Å². The molecule has 10 aromatic rings. The summed E-state index contributed by atoms with van der Waals surface area (Å²) >= 11 is 0. The molecule has 10 rings (SSSR count). The van der Waals surface area contributed by atoms with Crippen molar-refractivity contribution in [2.24, 2.45) is 0 Å². The molecule has 0 saturated heterocycles. The van der Waals surface area contributed by atoms with E-state index in [0.29, 0.717) is 0 Å². The van der Waals surface area contributed by atoms with Crippen molar-refractivity contribution in [3.05, 3.63) is 181 Å². The minimum Gasteiger partial charge on any atom is -0.247 e. The molecule has 0 radical (unpaired) electrons. The van der Waals surface area contributed by atoms with Crippen LogP contribution in [-0.2, 0) is 10.8 Å². The zero-order chi connectivity index (χ0) is 39.1. The van der Waals surface area contributed by atoms with Gasteiger partial charge in [-0.3, -0.25) is 0 Å². The lowest BCUT2D eigenvalue weighted by atomic mass is 9.36. The number of hydrogen-bond donors (Lipinski definition) is 0. The second-order valence-electron chi connectivity index (χ2n) is 18.0. The van der Waals surface area contributed by atoms with E-state index in [9.17, 15) is 0 Å². The van der Waals surface area contributed by atoms with E-state index in [1.165, 1.54) is 87.1 Å². The zero-order valence-electron chi connectivity index (χ0n) is 33.7. The van der Waals surface area contributed by atoms with Crippen molar-refractivity contribution in [3.63, 3.8) is 0 Å². The first-order valence-corrected chi connectivity index (χ1v) is 20.3. The van der Waals surface area contributed by atoms with Crippen LogP contribution in [0, 0.1) is 0 Å². The van der Waals surface area contributed by atoms with Gasteiger partial charge in [-0.05, 0) is 77.5 Å². The molecule has 0 fully saturated rings. The van der Waals surface area contributed by atoms with Gasteiger partial charge in [-0.1, -0.05) is 216 Å². The summed E-state index contributed by atoms with van der Waals surface area (Å²) in [5.41, 5.74) is 12.5. The standard InChI is InChI=1S/C55H46BN/c1-54(2,3)39-21-27-42(28-22-39)56(43-29-23-40(24-30-43)55(4,5)6)41-25-16-35(17-26-41)44-31-18-36-19-33-47-51-38(20-32-45(44)50(36)51)34-48-52(47)46-14-10-11-15-49(46)57-53(48)37-12-8-7-9-13-37/h7-34H,1-6H3. The van der Waals surface area contributed by atoms with E-state index in [1.807, 2.05) is 0 Å². The number of hydrogen-bond acceptors (Lipinski definition) is 1. The molecule has 1 heterocycles. The Labute approximate surface area is 336 Å². The van der Waals surface area contributed by atoms with Crippen LogP contribution in [0.4, 0.5) is 0 Å². The average molecular weight is 732 g/mol. The van der Waals surface area contributed by atoms with Gasteiger partial charge in [0.05, 0.1) is 11.2 Å². The van der Waals surface area contributed by atoms with Crippen LogP contribution in [0.25, 0.3) is 76.4 Å². The van der Waals surface area contributed by atoms with Crippen molar-refractivity contribution < 1.29 is 0 Å². The van der Waals surface area contributed by atoms with Crippen LogP contribution in [-0.4, -0.2) is 11.7 Å². The summed E-state index contributed by atoms with van der Waals surface area (Å²) in [5.74, 6) is 0. The molecule has 57 heavy (non-hydrogen) atoms. The van der Waals surface area contributed by atoms with Gasteiger partial charge < -0.3 is 0 Å².